The Balaban J connectivity index is 1.53. The lowest BCUT2D eigenvalue weighted by Crippen LogP contribution is -2.39. The summed E-state index contributed by atoms with van der Waals surface area (Å²) >= 11 is 0. The van der Waals surface area contributed by atoms with E-state index in [4.69, 9.17) is 0 Å². The van der Waals surface area contributed by atoms with Crippen molar-refractivity contribution in [1.82, 2.24) is 20.2 Å². The van der Waals surface area contributed by atoms with Gasteiger partial charge in [0, 0.05) is 5.69 Å². The Labute approximate surface area is 155 Å². The minimum absolute atomic E-state index is 0.168. The largest absolute Gasteiger partial charge is 0.449 e. The highest BCUT2D eigenvalue weighted by atomic mass is 19.4. The Hall–Kier alpha value is -2.13. The Kier molecular flexibility index (Phi) is 6.01. The van der Waals surface area contributed by atoms with E-state index in [0.717, 1.165) is 38.9 Å². The molecule has 0 radical (unpaired) electrons. The van der Waals surface area contributed by atoms with Gasteiger partial charge in [-0.05, 0) is 70.1 Å². The number of amides is 1. The van der Waals surface area contributed by atoms with E-state index in [1.807, 2.05) is 7.05 Å². The SMILES string of the molecule is CNCCC1CCN(CC(=O)Nc2ccc3nc(C(F)(F)F)[nH]c3c2)CC1. The lowest BCUT2D eigenvalue weighted by atomic mass is 9.93. The van der Waals surface area contributed by atoms with Gasteiger partial charge in [0.1, 0.15) is 0 Å². The molecular formula is C18H24F3N5O. The second-order valence-electron chi connectivity index (χ2n) is 6.98. The number of hydrogen-bond acceptors (Lipinski definition) is 4. The molecule has 1 aromatic heterocycles. The number of aromatic nitrogens is 2. The molecule has 2 heterocycles. The van der Waals surface area contributed by atoms with Crippen LogP contribution < -0.4 is 10.6 Å². The van der Waals surface area contributed by atoms with Gasteiger partial charge in [-0.1, -0.05) is 0 Å². The molecule has 1 aliphatic heterocycles. The summed E-state index contributed by atoms with van der Waals surface area (Å²) in [7, 11) is 1.95. The summed E-state index contributed by atoms with van der Waals surface area (Å²) < 4.78 is 38.2. The summed E-state index contributed by atoms with van der Waals surface area (Å²) in [6, 6.07) is 4.49. The summed E-state index contributed by atoms with van der Waals surface area (Å²) in [5, 5.41) is 5.92. The zero-order chi connectivity index (χ0) is 19.4. The zero-order valence-corrected chi connectivity index (χ0v) is 15.2. The fraction of sp³-hybridized carbons (Fsp3) is 0.556. The fourth-order valence-corrected chi connectivity index (χ4v) is 3.41. The maximum absolute atomic E-state index is 12.7. The average molecular weight is 383 g/mol. The molecule has 1 amide bonds. The van der Waals surface area contributed by atoms with E-state index in [0.29, 0.717) is 11.6 Å². The number of likely N-dealkylation sites (tertiary alicyclic amines) is 1. The van der Waals surface area contributed by atoms with Crippen LogP contribution in [0.3, 0.4) is 0 Å². The molecule has 27 heavy (non-hydrogen) atoms. The summed E-state index contributed by atoms with van der Waals surface area (Å²) in [6.07, 6.45) is -1.22. The van der Waals surface area contributed by atoms with Crippen LogP contribution in [-0.2, 0) is 11.0 Å². The summed E-state index contributed by atoms with van der Waals surface area (Å²) in [5.41, 5.74) is 0.906. The molecule has 0 spiro atoms. The van der Waals surface area contributed by atoms with E-state index < -0.39 is 12.0 Å². The predicted octanol–water partition coefficient (Wildman–Crippen LogP) is 2.84. The minimum atomic E-state index is -4.53. The van der Waals surface area contributed by atoms with Crippen molar-refractivity contribution in [2.45, 2.75) is 25.4 Å². The van der Waals surface area contributed by atoms with Crippen LogP contribution in [0.15, 0.2) is 18.2 Å². The van der Waals surface area contributed by atoms with Crippen molar-refractivity contribution in [3.05, 3.63) is 24.0 Å². The standard InChI is InChI=1S/C18H24F3N5O/c1-22-7-4-12-5-8-26(9-6-12)11-16(27)23-13-2-3-14-15(10-13)25-17(24-14)18(19,20)21/h2-3,10,12,22H,4-9,11H2,1H3,(H,23,27)(H,24,25). The van der Waals surface area contributed by atoms with Gasteiger partial charge in [-0.15, -0.1) is 0 Å². The number of nitrogens with zero attached hydrogens (tertiary/aromatic N) is 2. The number of carbonyl (C=O) groups is 1. The van der Waals surface area contributed by atoms with Gasteiger partial charge in [0.15, 0.2) is 0 Å². The zero-order valence-electron chi connectivity index (χ0n) is 15.2. The van der Waals surface area contributed by atoms with E-state index in [2.05, 4.69) is 25.5 Å². The number of rotatable bonds is 6. The van der Waals surface area contributed by atoms with Crippen LogP contribution in [0.1, 0.15) is 25.1 Å². The van der Waals surface area contributed by atoms with Gasteiger partial charge in [0.2, 0.25) is 11.7 Å². The number of aromatic amines is 1. The van der Waals surface area contributed by atoms with Crippen LogP contribution in [0.25, 0.3) is 11.0 Å². The molecule has 0 unspecified atom stereocenters. The molecule has 148 valence electrons. The van der Waals surface area contributed by atoms with Crippen molar-refractivity contribution in [2.75, 3.05) is 38.5 Å². The van der Waals surface area contributed by atoms with E-state index in [1.54, 1.807) is 6.07 Å². The van der Waals surface area contributed by atoms with E-state index >= 15 is 0 Å². The molecule has 3 rings (SSSR count). The highest BCUT2D eigenvalue weighted by Crippen LogP contribution is 2.29. The van der Waals surface area contributed by atoms with Gasteiger partial charge in [-0.25, -0.2) is 4.98 Å². The third kappa shape index (κ3) is 5.20. The highest BCUT2D eigenvalue weighted by Gasteiger charge is 2.34. The number of hydrogen-bond donors (Lipinski definition) is 3. The first kappa shape index (κ1) is 19.6. The van der Waals surface area contributed by atoms with Gasteiger partial charge in [-0.2, -0.15) is 13.2 Å². The van der Waals surface area contributed by atoms with Crippen molar-refractivity contribution >= 4 is 22.6 Å². The topological polar surface area (TPSA) is 73.1 Å². The molecule has 0 atom stereocenters. The molecule has 1 aliphatic rings. The maximum Gasteiger partial charge on any atom is 0.449 e. The molecular weight excluding hydrogens is 359 g/mol. The first-order valence-corrected chi connectivity index (χ1v) is 9.09. The van der Waals surface area contributed by atoms with Crippen LogP contribution in [0, 0.1) is 5.92 Å². The number of alkyl halides is 3. The van der Waals surface area contributed by atoms with Gasteiger partial charge in [0.05, 0.1) is 17.6 Å². The van der Waals surface area contributed by atoms with Crippen molar-refractivity contribution in [3.8, 4) is 0 Å². The predicted molar refractivity (Wildman–Crippen MR) is 97.4 cm³/mol. The van der Waals surface area contributed by atoms with Crippen LogP contribution in [-0.4, -0.2) is 54.0 Å². The summed E-state index contributed by atoms with van der Waals surface area (Å²) in [5.74, 6) is -0.511. The number of halogens is 3. The number of imidazole rings is 1. The van der Waals surface area contributed by atoms with Gasteiger partial charge >= 0.3 is 6.18 Å². The number of anilines is 1. The average Bonchev–Trinajstić information content (AvgIpc) is 3.05. The molecule has 1 aromatic carbocycles. The molecule has 9 heteroatoms. The smallest absolute Gasteiger partial charge is 0.334 e. The lowest BCUT2D eigenvalue weighted by molar-refractivity contribution is -0.144. The Bertz CT molecular complexity index is 781. The second kappa shape index (κ2) is 8.26. The second-order valence-corrected chi connectivity index (χ2v) is 6.98. The van der Waals surface area contributed by atoms with Crippen molar-refractivity contribution in [2.24, 2.45) is 5.92 Å². The number of H-pyrrole nitrogens is 1. The van der Waals surface area contributed by atoms with Crippen LogP contribution in [0.4, 0.5) is 18.9 Å². The van der Waals surface area contributed by atoms with Crippen LogP contribution in [0.2, 0.25) is 0 Å². The fourth-order valence-electron chi connectivity index (χ4n) is 3.41. The third-order valence-corrected chi connectivity index (χ3v) is 4.91. The third-order valence-electron chi connectivity index (χ3n) is 4.91. The molecule has 6 nitrogen and oxygen atoms in total. The quantitative estimate of drug-likeness (QED) is 0.717. The van der Waals surface area contributed by atoms with Gasteiger partial charge < -0.3 is 15.6 Å². The molecule has 0 aliphatic carbocycles. The normalized spacial score (nSPS) is 16.7. The van der Waals surface area contributed by atoms with Crippen molar-refractivity contribution in [1.29, 1.82) is 0 Å². The summed E-state index contributed by atoms with van der Waals surface area (Å²) in [4.78, 5) is 20.1. The molecule has 2 aromatic rings. The first-order valence-electron chi connectivity index (χ1n) is 9.09. The van der Waals surface area contributed by atoms with E-state index in [1.165, 1.54) is 12.1 Å². The first-order chi connectivity index (χ1) is 12.8. The molecule has 1 saturated heterocycles. The molecule has 0 bridgehead atoms. The molecule has 0 saturated carbocycles. The Morgan fingerprint density at radius 3 is 2.74 bits per heavy atom. The number of benzene rings is 1. The number of carbonyl (C=O) groups excluding carboxylic acids is 1. The molecule has 3 N–H and O–H groups in total. The van der Waals surface area contributed by atoms with Crippen molar-refractivity contribution in [3.63, 3.8) is 0 Å². The molecule has 1 fully saturated rings. The Morgan fingerprint density at radius 1 is 1.33 bits per heavy atom. The van der Waals surface area contributed by atoms with E-state index in [9.17, 15) is 18.0 Å². The summed E-state index contributed by atoms with van der Waals surface area (Å²) in [6.45, 7) is 3.07. The maximum atomic E-state index is 12.7. The van der Waals surface area contributed by atoms with E-state index in [-0.39, 0.29) is 23.5 Å². The van der Waals surface area contributed by atoms with Gasteiger partial charge in [-0.3, -0.25) is 9.69 Å². The Morgan fingerprint density at radius 2 is 2.07 bits per heavy atom. The minimum Gasteiger partial charge on any atom is -0.334 e. The number of nitrogens with one attached hydrogen (secondary N) is 3. The van der Waals surface area contributed by atoms with Crippen molar-refractivity contribution < 1.29 is 18.0 Å². The van der Waals surface area contributed by atoms with Crippen LogP contribution in [0.5, 0.6) is 0 Å². The van der Waals surface area contributed by atoms with Gasteiger partial charge in [0.25, 0.3) is 0 Å². The number of piperidine rings is 1. The van der Waals surface area contributed by atoms with Crippen LogP contribution >= 0.6 is 0 Å². The lowest BCUT2D eigenvalue weighted by Gasteiger charge is -2.31. The highest BCUT2D eigenvalue weighted by molar-refractivity contribution is 5.94. The monoisotopic (exact) mass is 383 g/mol. The number of fused-ring (bicyclic) bond motifs is 1.